The van der Waals surface area contributed by atoms with Gasteiger partial charge in [-0.05, 0) is 25.8 Å². The van der Waals surface area contributed by atoms with E-state index in [1.807, 2.05) is 6.07 Å². The SMILES string of the molecule is COc1nc2nc(C)nc(N)c2cc1C#CC1CC1. The molecule has 1 saturated carbocycles. The van der Waals surface area contributed by atoms with Gasteiger partial charge in [0.1, 0.15) is 11.6 Å². The molecule has 19 heavy (non-hydrogen) atoms. The molecule has 0 aliphatic heterocycles. The molecule has 0 amide bonds. The molecule has 0 atom stereocenters. The summed E-state index contributed by atoms with van der Waals surface area (Å²) in [6.07, 6.45) is 2.36. The summed E-state index contributed by atoms with van der Waals surface area (Å²) in [6.45, 7) is 1.78. The Hall–Kier alpha value is -2.35. The molecule has 2 aromatic rings. The van der Waals surface area contributed by atoms with Gasteiger partial charge in [0, 0.05) is 5.92 Å². The Kier molecular flexibility index (Phi) is 2.71. The molecule has 96 valence electrons. The number of aryl methyl sites for hydroxylation is 1. The van der Waals surface area contributed by atoms with Crippen LogP contribution in [0.5, 0.6) is 5.88 Å². The van der Waals surface area contributed by atoms with Crippen LogP contribution in [-0.2, 0) is 0 Å². The zero-order valence-electron chi connectivity index (χ0n) is 10.9. The molecule has 2 aromatic heterocycles. The molecule has 0 aromatic carbocycles. The van der Waals surface area contributed by atoms with E-state index in [1.165, 1.54) is 12.8 Å². The molecular weight excluding hydrogens is 240 g/mol. The van der Waals surface area contributed by atoms with Crippen molar-refractivity contribution >= 4 is 16.9 Å². The molecule has 0 spiro atoms. The first-order chi connectivity index (χ1) is 9.17. The van der Waals surface area contributed by atoms with Crippen LogP contribution in [0.2, 0.25) is 0 Å². The third-order valence-corrected chi connectivity index (χ3v) is 2.98. The first kappa shape index (κ1) is 11.7. The first-order valence-corrected chi connectivity index (χ1v) is 6.18. The van der Waals surface area contributed by atoms with E-state index in [9.17, 15) is 0 Å². The second-order valence-electron chi connectivity index (χ2n) is 4.62. The zero-order valence-corrected chi connectivity index (χ0v) is 10.9. The number of nitrogens with zero attached hydrogens (tertiary/aromatic N) is 3. The number of ether oxygens (including phenoxy) is 1. The van der Waals surface area contributed by atoms with Crippen molar-refractivity contribution in [1.82, 2.24) is 15.0 Å². The number of fused-ring (bicyclic) bond motifs is 1. The van der Waals surface area contributed by atoms with Crippen molar-refractivity contribution in [2.24, 2.45) is 5.92 Å². The highest BCUT2D eigenvalue weighted by molar-refractivity contribution is 5.87. The maximum absolute atomic E-state index is 5.91. The number of anilines is 1. The van der Waals surface area contributed by atoms with Gasteiger partial charge < -0.3 is 10.5 Å². The number of hydrogen-bond acceptors (Lipinski definition) is 5. The van der Waals surface area contributed by atoms with Crippen LogP contribution in [0.3, 0.4) is 0 Å². The van der Waals surface area contributed by atoms with E-state index < -0.39 is 0 Å². The van der Waals surface area contributed by atoms with Gasteiger partial charge in [-0.15, -0.1) is 0 Å². The summed E-state index contributed by atoms with van der Waals surface area (Å²) in [5.74, 6) is 8.32. The average Bonchev–Trinajstić information content (AvgIpc) is 3.19. The Morgan fingerprint density at radius 2 is 2.11 bits per heavy atom. The normalized spacial score (nSPS) is 14.0. The number of aromatic nitrogens is 3. The molecule has 3 rings (SSSR count). The number of nitrogen functional groups attached to an aromatic ring is 1. The molecule has 2 N–H and O–H groups in total. The van der Waals surface area contributed by atoms with Crippen LogP contribution in [0.15, 0.2) is 6.07 Å². The fourth-order valence-corrected chi connectivity index (χ4v) is 1.83. The Morgan fingerprint density at radius 3 is 2.79 bits per heavy atom. The summed E-state index contributed by atoms with van der Waals surface area (Å²) in [5.41, 5.74) is 7.18. The van der Waals surface area contributed by atoms with Gasteiger partial charge in [0.25, 0.3) is 0 Å². The third kappa shape index (κ3) is 2.29. The van der Waals surface area contributed by atoms with Crippen LogP contribution >= 0.6 is 0 Å². The summed E-state index contributed by atoms with van der Waals surface area (Å²) < 4.78 is 5.27. The average molecular weight is 254 g/mol. The van der Waals surface area contributed by atoms with Crippen LogP contribution in [0.25, 0.3) is 11.0 Å². The smallest absolute Gasteiger partial charge is 0.231 e. The van der Waals surface area contributed by atoms with E-state index in [1.54, 1.807) is 14.0 Å². The molecule has 0 unspecified atom stereocenters. The Balaban J connectivity index is 2.18. The fourth-order valence-electron chi connectivity index (χ4n) is 1.83. The van der Waals surface area contributed by atoms with Crippen molar-refractivity contribution in [3.05, 3.63) is 17.5 Å². The van der Waals surface area contributed by atoms with Gasteiger partial charge >= 0.3 is 0 Å². The zero-order chi connectivity index (χ0) is 13.4. The second kappa shape index (κ2) is 4.39. The maximum Gasteiger partial charge on any atom is 0.231 e. The van der Waals surface area contributed by atoms with Crippen molar-refractivity contribution in [2.75, 3.05) is 12.8 Å². The summed E-state index contributed by atoms with van der Waals surface area (Å²) in [6, 6.07) is 1.85. The minimum absolute atomic E-state index is 0.423. The summed E-state index contributed by atoms with van der Waals surface area (Å²) in [4.78, 5) is 12.8. The van der Waals surface area contributed by atoms with Gasteiger partial charge in [0.05, 0.1) is 18.1 Å². The highest BCUT2D eigenvalue weighted by Crippen LogP contribution is 2.28. The lowest BCUT2D eigenvalue weighted by Crippen LogP contribution is -2.01. The van der Waals surface area contributed by atoms with E-state index in [0.717, 1.165) is 5.56 Å². The van der Waals surface area contributed by atoms with Crippen LogP contribution in [0.4, 0.5) is 5.82 Å². The molecule has 1 fully saturated rings. The molecule has 1 aliphatic rings. The predicted octanol–water partition coefficient (Wildman–Crippen LogP) is 1.69. The molecular formula is C14H14N4O. The van der Waals surface area contributed by atoms with Gasteiger partial charge in [0.15, 0.2) is 5.65 Å². The minimum Gasteiger partial charge on any atom is -0.480 e. The summed E-state index contributed by atoms with van der Waals surface area (Å²) in [5, 5.41) is 0.714. The Bertz CT molecular complexity index is 711. The fraction of sp³-hybridized carbons (Fsp3) is 0.357. The first-order valence-electron chi connectivity index (χ1n) is 6.18. The van der Waals surface area contributed by atoms with Crippen molar-refractivity contribution in [3.63, 3.8) is 0 Å². The van der Waals surface area contributed by atoms with Crippen molar-refractivity contribution in [1.29, 1.82) is 0 Å². The summed E-state index contributed by atoms with van der Waals surface area (Å²) >= 11 is 0. The molecule has 2 heterocycles. The number of methoxy groups -OCH3 is 1. The van der Waals surface area contributed by atoms with Gasteiger partial charge in [-0.2, -0.15) is 4.98 Å². The van der Waals surface area contributed by atoms with E-state index in [-0.39, 0.29) is 0 Å². The van der Waals surface area contributed by atoms with E-state index in [0.29, 0.717) is 34.5 Å². The van der Waals surface area contributed by atoms with Crippen molar-refractivity contribution in [3.8, 4) is 17.7 Å². The molecule has 0 radical (unpaired) electrons. The van der Waals surface area contributed by atoms with E-state index in [4.69, 9.17) is 10.5 Å². The predicted molar refractivity (Wildman–Crippen MR) is 72.6 cm³/mol. The molecule has 0 bridgehead atoms. The molecule has 0 saturated heterocycles. The van der Waals surface area contributed by atoms with Crippen LogP contribution < -0.4 is 10.5 Å². The molecule has 5 nitrogen and oxygen atoms in total. The number of nitrogens with two attached hydrogens (primary N) is 1. The third-order valence-electron chi connectivity index (χ3n) is 2.98. The standard InChI is InChI=1S/C14H14N4O/c1-8-16-12(15)11-7-10(6-5-9-3-4-9)14(19-2)18-13(11)17-8/h7,9H,3-4H2,1-2H3,(H2,15,16,17,18). The quantitative estimate of drug-likeness (QED) is 0.784. The minimum atomic E-state index is 0.423. The monoisotopic (exact) mass is 254 g/mol. The number of rotatable bonds is 1. The second-order valence-corrected chi connectivity index (χ2v) is 4.62. The highest BCUT2D eigenvalue weighted by Gasteiger charge is 2.18. The Labute approximate surface area is 111 Å². The molecule has 1 aliphatic carbocycles. The Morgan fingerprint density at radius 1 is 1.32 bits per heavy atom. The lowest BCUT2D eigenvalue weighted by Gasteiger charge is -2.06. The van der Waals surface area contributed by atoms with Crippen molar-refractivity contribution < 1.29 is 4.74 Å². The van der Waals surface area contributed by atoms with Crippen LogP contribution in [-0.4, -0.2) is 22.1 Å². The largest absolute Gasteiger partial charge is 0.480 e. The van der Waals surface area contributed by atoms with Crippen LogP contribution in [0, 0.1) is 24.7 Å². The molecule has 5 heteroatoms. The topological polar surface area (TPSA) is 73.9 Å². The lowest BCUT2D eigenvalue weighted by atomic mass is 10.2. The van der Waals surface area contributed by atoms with Gasteiger partial charge in [-0.3, -0.25) is 0 Å². The number of pyridine rings is 1. The van der Waals surface area contributed by atoms with E-state index >= 15 is 0 Å². The lowest BCUT2D eigenvalue weighted by molar-refractivity contribution is 0.398. The van der Waals surface area contributed by atoms with Gasteiger partial charge in [0.2, 0.25) is 5.88 Å². The highest BCUT2D eigenvalue weighted by atomic mass is 16.5. The van der Waals surface area contributed by atoms with E-state index in [2.05, 4.69) is 26.8 Å². The van der Waals surface area contributed by atoms with Crippen LogP contribution in [0.1, 0.15) is 24.2 Å². The summed E-state index contributed by atoms with van der Waals surface area (Å²) in [7, 11) is 1.58. The van der Waals surface area contributed by atoms with Gasteiger partial charge in [-0.25, -0.2) is 9.97 Å². The maximum atomic E-state index is 5.91. The van der Waals surface area contributed by atoms with Crippen molar-refractivity contribution in [2.45, 2.75) is 19.8 Å². The van der Waals surface area contributed by atoms with Gasteiger partial charge in [-0.1, -0.05) is 11.8 Å². The number of hydrogen-bond donors (Lipinski definition) is 1.